The van der Waals surface area contributed by atoms with Crippen LogP contribution in [-0.4, -0.2) is 26.5 Å². The molecule has 0 unspecified atom stereocenters. The molecule has 0 aliphatic heterocycles. The van der Waals surface area contributed by atoms with Crippen molar-refractivity contribution in [1.82, 2.24) is 19.9 Å². The van der Waals surface area contributed by atoms with Gasteiger partial charge in [0.2, 0.25) is 0 Å². The maximum Gasteiger partial charge on any atom is 0.197 e. The van der Waals surface area contributed by atoms with Crippen molar-refractivity contribution < 1.29 is 0 Å². The first-order valence-electron chi connectivity index (χ1n) is 6.14. The predicted octanol–water partition coefficient (Wildman–Crippen LogP) is 2.60. The normalized spacial score (nSPS) is 11.6. The molecule has 0 saturated carbocycles. The van der Waals surface area contributed by atoms with Crippen LogP contribution < -0.4 is 5.32 Å². The number of nitrogens with zero attached hydrogens (tertiary/aromatic N) is 3. The average molecular weight is 245 g/mol. The van der Waals surface area contributed by atoms with E-state index in [4.69, 9.17) is 0 Å². The van der Waals surface area contributed by atoms with Crippen LogP contribution in [0, 0.1) is 0 Å². The van der Waals surface area contributed by atoms with E-state index in [1.54, 1.807) is 12.4 Å². The van der Waals surface area contributed by atoms with Gasteiger partial charge in [-0.15, -0.1) is 0 Å². The van der Waals surface area contributed by atoms with Gasteiger partial charge < -0.3 is 10.3 Å². The average Bonchev–Trinajstić information content (AvgIpc) is 2.81. The maximum absolute atomic E-state index is 4.58. The van der Waals surface area contributed by atoms with E-state index in [1.165, 1.54) is 0 Å². The zero-order valence-electron chi connectivity index (χ0n) is 11.3. The van der Waals surface area contributed by atoms with Crippen molar-refractivity contribution in [2.24, 2.45) is 0 Å². The fraction of sp³-hybridized carbons (Fsp3) is 0.462. The molecule has 2 aromatic heterocycles. The topological polar surface area (TPSA) is 66.5 Å². The van der Waals surface area contributed by atoms with Crippen LogP contribution in [0.4, 0.5) is 5.82 Å². The van der Waals surface area contributed by atoms with Gasteiger partial charge in [0.15, 0.2) is 11.6 Å². The highest BCUT2D eigenvalue weighted by Crippen LogP contribution is 2.24. The molecule has 0 spiro atoms. The zero-order valence-corrected chi connectivity index (χ0v) is 11.3. The molecular formula is C13H19N5. The van der Waals surface area contributed by atoms with Crippen molar-refractivity contribution in [1.29, 1.82) is 0 Å². The zero-order chi connectivity index (χ0) is 13.2. The number of nitrogens with one attached hydrogen (secondary N) is 2. The van der Waals surface area contributed by atoms with Gasteiger partial charge in [0.05, 0.1) is 5.69 Å². The summed E-state index contributed by atoms with van der Waals surface area (Å²) < 4.78 is 0. The van der Waals surface area contributed by atoms with Crippen LogP contribution in [0.1, 0.15) is 33.4 Å². The predicted molar refractivity (Wildman–Crippen MR) is 72.5 cm³/mol. The van der Waals surface area contributed by atoms with Gasteiger partial charge in [-0.05, 0) is 6.92 Å². The largest absolute Gasteiger partial charge is 0.370 e. The molecule has 5 heteroatoms. The quantitative estimate of drug-likeness (QED) is 0.872. The first-order chi connectivity index (χ1) is 8.50. The molecule has 0 atom stereocenters. The van der Waals surface area contributed by atoms with Crippen molar-refractivity contribution in [3.8, 4) is 11.6 Å². The highest BCUT2D eigenvalue weighted by Gasteiger charge is 2.19. The van der Waals surface area contributed by atoms with Crippen LogP contribution in [0.25, 0.3) is 11.6 Å². The third kappa shape index (κ3) is 2.67. The standard InChI is InChI=1S/C13H19N5/c1-5-14-10-8-9(13(2,3)4)17-12(18-10)11-15-6-7-16-11/h6-8H,5H2,1-4H3,(H,15,16)(H,14,17,18). The lowest BCUT2D eigenvalue weighted by Crippen LogP contribution is -2.16. The highest BCUT2D eigenvalue weighted by molar-refractivity contribution is 5.50. The fourth-order valence-corrected chi connectivity index (χ4v) is 1.60. The third-order valence-electron chi connectivity index (χ3n) is 2.56. The summed E-state index contributed by atoms with van der Waals surface area (Å²) >= 11 is 0. The van der Waals surface area contributed by atoms with Crippen LogP contribution in [-0.2, 0) is 5.41 Å². The fourth-order valence-electron chi connectivity index (χ4n) is 1.60. The minimum atomic E-state index is -0.0194. The van der Waals surface area contributed by atoms with Gasteiger partial charge in [-0.25, -0.2) is 15.0 Å². The molecule has 96 valence electrons. The lowest BCUT2D eigenvalue weighted by atomic mass is 9.92. The number of anilines is 1. The molecule has 5 nitrogen and oxygen atoms in total. The van der Waals surface area contributed by atoms with Crippen molar-refractivity contribution >= 4 is 5.82 Å². The number of rotatable bonds is 3. The summed E-state index contributed by atoms with van der Waals surface area (Å²) in [4.78, 5) is 16.3. The summed E-state index contributed by atoms with van der Waals surface area (Å²) in [6.07, 6.45) is 3.48. The lowest BCUT2D eigenvalue weighted by molar-refractivity contribution is 0.568. The van der Waals surface area contributed by atoms with Gasteiger partial charge in [0.1, 0.15) is 5.82 Å². The Kier molecular flexibility index (Phi) is 3.32. The van der Waals surface area contributed by atoms with Crippen LogP contribution in [0.2, 0.25) is 0 Å². The van der Waals surface area contributed by atoms with Gasteiger partial charge in [0, 0.05) is 30.4 Å². The van der Waals surface area contributed by atoms with Gasteiger partial charge >= 0.3 is 0 Å². The van der Waals surface area contributed by atoms with E-state index >= 15 is 0 Å². The Morgan fingerprint density at radius 3 is 2.61 bits per heavy atom. The second kappa shape index (κ2) is 4.76. The number of aromatic nitrogens is 4. The van der Waals surface area contributed by atoms with E-state index in [9.17, 15) is 0 Å². The summed E-state index contributed by atoms with van der Waals surface area (Å²) in [5, 5.41) is 3.23. The van der Waals surface area contributed by atoms with Crippen LogP contribution in [0.15, 0.2) is 18.5 Å². The number of hydrogen-bond acceptors (Lipinski definition) is 4. The second-order valence-electron chi connectivity index (χ2n) is 5.18. The first kappa shape index (κ1) is 12.5. The van der Waals surface area contributed by atoms with Gasteiger partial charge in [-0.1, -0.05) is 20.8 Å². The Labute approximate surface area is 107 Å². The number of H-pyrrole nitrogens is 1. The molecule has 0 bridgehead atoms. The molecule has 0 radical (unpaired) electrons. The Hall–Kier alpha value is -1.91. The Morgan fingerprint density at radius 1 is 1.28 bits per heavy atom. The first-order valence-corrected chi connectivity index (χ1v) is 6.14. The Morgan fingerprint density at radius 2 is 2.06 bits per heavy atom. The molecule has 2 aromatic rings. The van der Waals surface area contributed by atoms with Crippen molar-refractivity contribution in [2.75, 3.05) is 11.9 Å². The Bertz CT molecular complexity index is 511. The number of aromatic amines is 1. The molecule has 2 N–H and O–H groups in total. The van der Waals surface area contributed by atoms with E-state index in [0.717, 1.165) is 18.1 Å². The van der Waals surface area contributed by atoms with Gasteiger partial charge in [-0.3, -0.25) is 0 Å². The number of hydrogen-bond donors (Lipinski definition) is 2. The molecule has 0 aliphatic carbocycles. The molecule has 0 fully saturated rings. The third-order valence-corrected chi connectivity index (χ3v) is 2.56. The Balaban J connectivity index is 2.50. The van der Waals surface area contributed by atoms with E-state index < -0.39 is 0 Å². The molecule has 0 aliphatic rings. The molecule has 2 rings (SSSR count). The van der Waals surface area contributed by atoms with E-state index in [0.29, 0.717) is 11.6 Å². The van der Waals surface area contributed by atoms with Crippen molar-refractivity contribution in [3.63, 3.8) is 0 Å². The maximum atomic E-state index is 4.58. The monoisotopic (exact) mass is 245 g/mol. The van der Waals surface area contributed by atoms with Crippen LogP contribution >= 0.6 is 0 Å². The van der Waals surface area contributed by atoms with E-state index in [1.807, 2.05) is 13.0 Å². The van der Waals surface area contributed by atoms with E-state index in [-0.39, 0.29) is 5.41 Å². The molecule has 0 amide bonds. The smallest absolute Gasteiger partial charge is 0.197 e. The summed E-state index contributed by atoms with van der Waals surface area (Å²) in [5.74, 6) is 2.16. The molecule has 18 heavy (non-hydrogen) atoms. The van der Waals surface area contributed by atoms with Gasteiger partial charge in [0.25, 0.3) is 0 Å². The van der Waals surface area contributed by atoms with Gasteiger partial charge in [-0.2, -0.15) is 0 Å². The lowest BCUT2D eigenvalue weighted by Gasteiger charge is -2.19. The summed E-state index contributed by atoms with van der Waals surface area (Å²) in [6.45, 7) is 9.29. The van der Waals surface area contributed by atoms with Crippen LogP contribution in [0.5, 0.6) is 0 Å². The minimum Gasteiger partial charge on any atom is -0.370 e. The summed E-state index contributed by atoms with van der Waals surface area (Å²) in [6, 6.07) is 2.00. The summed E-state index contributed by atoms with van der Waals surface area (Å²) in [7, 11) is 0. The van der Waals surface area contributed by atoms with Crippen molar-refractivity contribution in [3.05, 3.63) is 24.2 Å². The SMILES string of the molecule is CCNc1cc(C(C)(C)C)nc(-c2ncc[nH]2)n1. The highest BCUT2D eigenvalue weighted by atomic mass is 15.1. The molecule has 2 heterocycles. The van der Waals surface area contributed by atoms with E-state index in [2.05, 4.69) is 46.0 Å². The number of imidazole rings is 1. The second-order valence-corrected chi connectivity index (χ2v) is 5.18. The minimum absolute atomic E-state index is 0.0194. The van der Waals surface area contributed by atoms with Crippen LogP contribution in [0.3, 0.4) is 0 Å². The molecular weight excluding hydrogens is 226 g/mol. The van der Waals surface area contributed by atoms with Crippen molar-refractivity contribution in [2.45, 2.75) is 33.1 Å². The molecule has 0 saturated heterocycles. The molecule has 0 aromatic carbocycles. The summed E-state index contributed by atoms with van der Waals surface area (Å²) in [5.41, 5.74) is 0.980.